The lowest BCUT2D eigenvalue weighted by atomic mass is 9.91. The normalized spacial score (nSPS) is 17.5. The summed E-state index contributed by atoms with van der Waals surface area (Å²) >= 11 is 0. The van der Waals surface area contributed by atoms with Crippen LogP contribution in [0.1, 0.15) is 22.7 Å². The first-order valence-electron chi connectivity index (χ1n) is 7.78. The van der Waals surface area contributed by atoms with Gasteiger partial charge in [-0.15, -0.1) is 0 Å². The van der Waals surface area contributed by atoms with Crippen LogP contribution in [0.15, 0.2) is 48.7 Å². The minimum Gasteiger partial charge on any atom is -0.454 e. The molecular formula is C19H17NO4. The first kappa shape index (κ1) is 14.6. The van der Waals surface area contributed by atoms with E-state index in [9.17, 15) is 4.79 Å². The second-order valence-corrected chi connectivity index (χ2v) is 5.73. The first-order valence-corrected chi connectivity index (χ1v) is 7.78. The summed E-state index contributed by atoms with van der Waals surface area (Å²) in [7, 11) is 1.40. The van der Waals surface area contributed by atoms with Crippen LogP contribution in [0, 0.1) is 0 Å². The van der Waals surface area contributed by atoms with Crippen molar-refractivity contribution in [3.63, 3.8) is 0 Å². The van der Waals surface area contributed by atoms with Crippen molar-refractivity contribution in [2.24, 2.45) is 0 Å². The topological polar surface area (TPSA) is 48.0 Å². The molecule has 4 rings (SSSR count). The molecule has 2 aliphatic rings. The molecule has 1 unspecified atom stereocenters. The number of ether oxygens (including phenoxy) is 3. The largest absolute Gasteiger partial charge is 0.454 e. The number of amides is 1. The number of benzene rings is 2. The molecule has 122 valence electrons. The van der Waals surface area contributed by atoms with Crippen molar-refractivity contribution in [2.75, 3.05) is 13.9 Å². The van der Waals surface area contributed by atoms with Gasteiger partial charge in [-0.1, -0.05) is 30.3 Å². The Kier molecular flexibility index (Phi) is 3.61. The van der Waals surface area contributed by atoms with Gasteiger partial charge >= 0.3 is 6.09 Å². The maximum atomic E-state index is 12.2. The second-order valence-electron chi connectivity index (χ2n) is 5.73. The maximum absolute atomic E-state index is 12.2. The monoisotopic (exact) mass is 323 g/mol. The van der Waals surface area contributed by atoms with E-state index in [2.05, 4.69) is 0 Å². The standard InChI is InChI=1S/C19H17NO4/c1-22-19(21)20-9-8-14-4-2-3-5-15(14)16(20)10-13-6-7-17-18(11-13)24-12-23-17/h2-9,11,16H,10,12H2,1H3. The Morgan fingerprint density at radius 3 is 2.92 bits per heavy atom. The molecule has 0 aromatic heterocycles. The summed E-state index contributed by atoms with van der Waals surface area (Å²) in [6.45, 7) is 0.252. The van der Waals surface area contributed by atoms with Gasteiger partial charge < -0.3 is 14.2 Å². The predicted molar refractivity (Wildman–Crippen MR) is 88.7 cm³/mol. The van der Waals surface area contributed by atoms with Gasteiger partial charge in [0.1, 0.15) is 0 Å². The summed E-state index contributed by atoms with van der Waals surface area (Å²) in [4.78, 5) is 13.8. The highest BCUT2D eigenvalue weighted by Crippen LogP contribution is 2.37. The number of carbonyl (C=O) groups excluding carboxylic acids is 1. The van der Waals surface area contributed by atoms with Gasteiger partial charge in [0.2, 0.25) is 6.79 Å². The van der Waals surface area contributed by atoms with Gasteiger partial charge in [0.15, 0.2) is 11.5 Å². The van der Waals surface area contributed by atoms with Crippen molar-refractivity contribution >= 4 is 12.2 Å². The van der Waals surface area contributed by atoms with E-state index in [-0.39, 0.29) is 18.9 Å². The number of carbonyl (C=O) groups is 1. The Balaban J connectivity index is 1.69. The zero-order valence-electron chi connectivity index (χ0n) is 13.3. The minimum absolute atomic E-state index is 0.126. The molecule has 2 aliphatic heterocycles. The van der Waals surface area contributed by atoms with Crippen LogP contribution in [0.4, 0.5) is 4.79 Å². The van der Waals surface area contributed by atoms with Crippen molar-refractivity contribution in [1.82, 2.24) is 4.90 Å². The fourth-order valence-electron chi connectivity index (χ4n) is 3.17. The maximum Gasteiger partial charge on any atom is 0.414 e. The summed E-state index contributed by atoms with van der Waals surface area (Å²) in [5, 5.41) is 0. The molecule has 1 amide bonds. The van der Waals surface area contributed by atoms with E-state index >= 15 is 0 Å². The molecule has 0 saturated carbocycles. The lowest BCUT2D eigenvalue weighted by molar-refractivity contribution is 0.125. The molecule has 2 aromatic carbocycles. The quantitative estimate of drug-likeness (QED) is 0.844. The third-order valence-corrected chi connectivity index (χ3v) is 4.36. The number of rotatable bonds is 2. The van der Waals surface area contributed by atoms with E-state index in [0.29, 0.717) is 6.42 Å². The number of hydrogen-bond acceptors (Lipinski definition) is 4. The van der Waals surface area contributed by atoms with Gasteiger partial charge in [-0.25, -0.2) is 4.79 Å². The Labute approximate surface area is 140 Å². The number of methoxy groups -OCH3 is 1. The fourth-order valence-corrected chi connectivity index (χ4v) is 3.17. The highest BCUT2D eigenvalue weighted by molar-refractivity contribution is 5.73. The van der Waals surface area contributed by atoms with E-state index < -0.39 is 0 Å². The van der Waals surface area contributed by atoms with Crippen LogP contribution in [0.25, 0.3) is 6.08 Å². The van der Waals surface area contributed by atoms with Crippen molar-refractivity contribution in [1.29, 1.82) is 0 Å². The lowest BCUT2D eigenvalue weighted by Crippen LogP contribution is -2.33. The zero-order chi connectivity index (χ0) is 16.5. The average molecular weight is 323 g/mol. The molecule has 0 saturated heterocycles. The molecule has 0 fully saturated rings. The van der Waals surface area contributed by atoms with Gasteiger partial charge in [0.05, 0.1) is 13.2 Å². The molecule has 0 radical (unpaired) electrons. The summed E-state index contributed by atoms with van der Waals surface area (Å²) in [6, 6.07) is 13.8. The second kappa shape index (κ2) is 5.92. The first-order chi connectivity index (χ1) is 11.8. The molecule has 2 aromatic rings. The molecule has 5 nitrogen and oxygen atoms in total. The van der Waals surface area contributed by atoms with Gasteiger partial charge in [-0.05, 0) is 41.3 Å². The van der Waals surface area contributed by atoms with E-state index in [1.54, 1.807) is 11.1 Å². The predicted octanol–water partition coefficient (Wildman–Crippen LogP) is 3.75. The molecule has 0 spiro atoms. The minimum atomic E-state index is -0.369. The van der Waals surface area contributed by atoms with E-state index in [1.807, 2.05) is 48.5 Å². The Bertz CT molecular complexity index is 815. The molecule has 1 atom stereocenters. The molecule has 0 bridgehead atoms. The Morgan fingerprint density at radius 2 is 2.04 bits per heavy atom. The van der Waals surface area contributed by atoms with Crippen LogP contribution in [0.2, 0.25) is 0 Å². The van der Waals surface area contributed by atoms with E-state index in [4.69, 9.17) is 14.2 Å². The fraction of sp³-hybridized carbons (Fsp3) is 0.211. The van der Waals surface area contributed by atoms with Gasteiger partial charge in [-0.2, -0.15) is 0 Å². The van der Waals surface area contributed by atoms with Crippen LogP contribution in [-0.4, -0.2) is 24.9 Å². The highest BCUT2D eigenvalue weighted by atomic mass is 16.7. The van der Waals surface area contributed by atoms with Crippen molar-refractivity contribution in [2.45, 2.75) is 12.5 Å². The molecule has 2 heterocycles. The Morgan fingerprint density at radius 1 is 1.21 bits per heavy atom. The van der Waals surface area contributed by atoms with Gasteiger partial charge in [-0.3, -0.25) is 4.90 Å². The highest BCUT2D eigenvalue weighted by Gasteiger charge is 2.29. The van der Waals surface area contributed by atoms with E-state index in [0.717, 1.165) is 28.2 Å². The van der Waals surface area contributed by atoms with Gasteiger partial charge in [0.25, 0.3) is 0 Å². The summed E-state index contributed by atoms with van der Waals surface area (Å²) < 4.78 is 15.7. The number of hydrogen-bond donors (Lipinski definition) is 0. The number of nitrogens with zero attached hydrogens (tertiary/aromatic N) is 1. The molecule has 0 N–H and O–H groups in total. The molecule has 24 heavy (non-hydrogen) atoms. The SMILES string of the molecule is COC(=O)N1C=Cc2ccccc2C1Cc1ccc2c(c1)OCO2. The van der Waals surface area contributed by atoms with Crippen molar-refractivity contribution < 1.29 is 19.0 Å². The average Bonchev–Trinajstić information content (AvgIpc) is 3.09. The lowest BCUT2D eigenvalue weighted by Gasteiger charge is -2.32. The van der Waals surface area contributed by atoms with Gasteiger partial charge in [0, 0.05) is 6.20 Å². The summed E-state index contributed by atoms with van der Waals surface area (Å²) in [5.74, 6) is 1.50. The number of fused-ring (bicyclic) bond motifs is 2. The zero-order valence-corrected chi connectivity index (χ0v) is 13.3. The van der Waals surface area contributed by atoms with Crippen LogP contribution in [0.3, 0.4) is 0 Å². The van der Waals surface area contributed by atoms with Crippen LogP contribution >= 0.6 is 0 Å². The smallest absolute Gasteiger partial charge is 0.414 e. The molecular weight excluding hydrogens is 306 g/mol. The van der Waals surface area contributed by atoms with Crippen LogP contribution < -0.4 is 9.47 Å². The van der Waals surface area contributed by atoms with E-state index in [1.165, 1.54) is 7.11 Å². The molecule has 0 aliphatic carbocycles. The van der Waals surface area contributed by atoms with Crippen molar-refractivity contribution in [3.05, 3.63) is 65.4 Å². The Hall–Kier alpha value is -2.95. The summed E-state index contributed by atoms with van der Waals surface area (Å²) in [5.41, 5.74) is 3.29. The third-order valence-electron chi connectivity index (χ3n) is 4.36. The van der Waals surface area contributed by atoms with Crippen LogP contribution in [0.5, 0.6) is 11.5 Å². The summed E-state index contributed by atoms with van der Waals surface area (Å²) in [6.07, 6.45) is 4.01. The third kappa shape index (κ3) is 2.48. The van der Waals surface area contributed by atoms with Crippen molar-refractivity contribution in [3.8, 4) is 11.5 Å². The molecule has 5 heteroatoms. The van der Waals surface area contributed by atoms with Crippen LogP contribution in [-0.2, 0) is 11.2 Å².